The molecular weight excluding hydrogens is 574 g/mol. The van der Waals surface area contributed by atoms with Gasteiger partial charge in [-0.2, -0.15) is 20.5 Å². The molecule has 45 heavy (non-hydrogen) atoms. The monoisotopic (exact) mass is 609 g/mol. The van der Waals surface area contributed by atoms with Gasteiger partial charge in [0.1, 0.15) is 17.2 Å². The number of anilines is 1. The summed E-state index contributed by atoms with van der Waals surface area (Å²) in [6.07, 6.45) is 5.89. The van der Waals surface area contributed by atoms with Crippen LogP contribution in [0.1, 0.15) is 47.9 Å². The van der Waals surface area contributed by atoms with Crippen LogP contribution in [0, 0.1) is 36.5 Å². The van der Waals surface area contributed by atoms with Gasteiger partial charge in [0.05, 0.1) is 46.1 Å². The number of aryl methyl sites for hydroxylation is 2. The second-order valence-electron chi connectivity index (χ2n) is 11.1. The van der Waals surface area contributed by atoms with E-state index in [-0.39, 0.29) is 37.1 Å². The van der Waals surface area contributed by atoms with Crippen LogP contribution < -0.4 is 25.2 Å². The van der Waals surface area contributed by atoms with Gasteiger partial charge in [-0.05, 0) is 80.1 Å². The number of aliphatic hydroxyl groups excluding tert-OH is 1. The molecule has 2 heterocycles. The minimum atomic E-state index is -0.399. The van der Waals surface area contributed by atoms with Crippen LogP contribution in [-0.4, -0.2) is 50.6 Å². The lowest BCUT2D eigenvalue weighted by atomic mass is 10.1. The minimum absolute atomic E-state index is 0.00343. The molecule has 1 fully saturated rings. The zero-order chi connectivity index (χ0) is 32.1. The van der Waals surface area contributed by atoms with Crippen molar-refractivity contribution in [2.75, 3.05) is 26.1 Å². The number of hydrogen-bond donors (Lipinski definition) is 2. The number of fused-ring (bicyclic) bond motifs is 1. The largest absolute Gasteiger partial charge is 0.497 e. The summed E-state index contributed by atoms with van der Waals surface area (Å²) in [4.78, 5) is 23.6. The highest BCUT2D eigenvalue weighted by atomic mass is 16.5. The van der Waals surface area contributed by atoms with E-state index in [1.165, 1.54) is 15.2 Å². The average Bonchev–Trinajstić information content (AvgIpc) is 3.75. The fourth-order valence-corrected chi connectivity index (χ4v) is 5.50. The van der Waals surface area contributed by atoms with Gasteiger partial charge in [-0.3, -0.25) is 9.13 Å². The van der Waals surface area contributed by atoms with E-state index in [1.54, 1.807) is 32.4 Å². The predicted octanol–water partition coefficient (Wildman–Crippen LogP) is 4.85. The molecule has 0 aliphatic heterocycles. The van der Waals surface area contributed by atoms with Crippen LogP contribution in [0.25, 0.3) is 17.2 Å². The zero-order valence-corrected chi connectivity index (χ0v) is 25.8. The van der Waals surface area contributed by atoms with E-state index in [1.807, 2.05) is 38.1 Å². The number of benzene rings is 2. The summed E-state index contributed by atoms with van der Waals surface area (Å²) < 4.78 is 20.4. The Morgan fingerprint density at radius 1 is 1.09 bits per heavy atom. The maximum Gasteiger partial charge on any atom is 0.330 e. The van der Waals surface area contributed by atoms with Crippen molar-refractivity contribution in [2.24, 2.45) is 0 Å². The topological polar surface area (TPSA) is 160 Å². The Labute approximate surface area is 260 Å². The Kier molecular flexibility index (Phi) is 9.07. The van der Waals surface area contributed by atoms with E-state index in [2.05, 4.69) is 11.4 Å². The number of aromatic nitrogens is 4. The smallest absolute Gasteiger partial charge is 0.330 e. The van der Waals surface area contributed by atoms with E-state index in [0.717, 1.165) is 35.1 Å². The van der Waals surface area contributed by atoms with Crippen molar-refractivity contribution in [3.63, 3.8) is 0 Å². The summed E-state index contributed by atoms with van der Waals surface area (Å²) in [6, 6.07) is 13.4. The second kappa shape index (κ2) is 13.1. The SMILES string of the molecule is COc1ccc(Cn2c(=O)n(CCO)c3c(Oc4c(C)cc(/C=C/C#N)cc4C)nc(NC4(CCC#N)CC4)nc32)c(OC)c1. The molecule has 2 aromatic carbocycles. The molecule has 0 radical (unpaired) electrons. The van der Waals surface area contributed by atoms with E-state index < -0.39 is 5.69 Å². The fourth-order valence-electron chi connectivity index (χ4n) is 5.50. The third-order valence-electron chi connectivity index (χ3n) is 7.94. The lowest BCUT2D eigenvalue weighted by molar-refractivity contribution is 0.275. The average molecular weight is 610 g/mol. The first-order valence-electron chi connectivity index (χ1n) is 14.6. The van der Waals surface area contributed by atoms with Crippen LogP contribution in [0.4, 0.5) is 5.95 Å². The summed E-state index contributed by atoms with van der Waals surface area (Å²) in [5, 5.41) is 31.5. The molecule has 0 amide bonds. The molecule has 0 saturated heterocycles. The molecule has 1 aliphatic carbocycles. The molecule has 232 valence electrons. The molecule has 12 nitrogen and oxygen atoms in total. The van der Waals surface area contributed by atoms with Crippen molar-refractivity contribution in [3.05, 3.63) is 69.1 Å². The maximum absolute atomic E-state index is 14.0. The van der Waals surface area contributed by atoms with Gasteiger partial charge in [0, 0.05) is 29.7 Å². The number of ether oxygens (including phenoxy) is 3. The lowest BCUT2D eigenvalue weighted by Crippen LogP contribution is -2.26. The van der Waals surface area contributed by atoms with E-state index in [0.29, 0.717) is 41.3 Å². The third kappa shape index (κ3) is 6.47. The minimum Gasteiger partial charge on any atom is -0.497 e. The summed E-state index contributed by atoms with van der Waals surface area (Å²) in [5.74, 6) is 2.12. The van der Waals surface area contributed by atoms with Gasteiger partial charge in [0.25, 0.3) is 5.88 Å². The van der Waals surface area contributed by atoms with Crippen LogP contribution in [0.3, 0.4) is 0 Å². The highest BCUT2D eigenvalue weighted by molar-refractivity contribution is 5.80. The van der Waals surface area contributed by atoms with Crippen LogP contribution in [-0.2, 0) is 13.1 Å². The number of nitrogens with one attached hydrogen (secondary N) is 1. The Hall–Kier alpha value is -5.33. The van der Waals surface area contributed by atoms with Gasteiger partial charge in [0.15, 0.2) is 11.2 Å². The molecule has 1 saturated carbocycles. The normalized spacial score (nSPS) is 13.4. The zero-order valence-electron chi connectivity index (χ0n) is 25.8. The van der Waals surface area contributed by atoms with Crippen LogP contribution in [0.15, 0.2) is 41.2 Å². The molecule has 0 atom stereocenters. The molecule has 1 aliphatic rings. The molecule has 0 unspecified atom stereocenters. The van der Waals surface area contributed by atoms with Gasteiger partial charge in [-0.1, -0.05) is 0 Å². The third-order valence-corrected chi connectivity index (χ3v) is 7.94. The van der Waals surface area contributed by atoms with Crippen LogP contribution in [0.2, 0.25) is 0 Å². The van der Waals surface area contributed by atoms with Crippen molar-refractivity contribution in [1.82, 2.24) is 19.1 Å². The standard InChI is InChI=1S/C33H35N7O5/c1-21-17-23(7-5-13-34)18-22(2)28(21)45-30-27-29(36-31(37-30)38-33(11-12-33)10-6-14-35)40(32(42)39(27)15-16-41)20-24-8-9-25(43-3)19-26(24)44-4/h5,7-9,17-19,41H,6,10-12,15-16,20H2,1-4H3,(H,36,37,38)/b7-5+. The van der Waals surface area contributed by atoms with Gasteiger partial charge >= 0.3 is 5.69 Å². The molecule has 2 aromatic heterocycles. The first-order chi connectivity index (χ1) is 21.8. The number of nitrogens with zero attached hydrogens (tertiary/aromatic N) is 6. The highest BCUT2D eigenvalue weighted by Crippen LogP contribution is 2.43. The van der Waals surface area contributed by atoms with Crippen LogP contribution in [0.5, 0.6) is 23.1 Å². The van der Waals surface area contributed by atoms with E-state index >= 15 is 0 Å². The van der Waals surface area contributed by atoms with Crippen molar-refractivity contribution in [1.29, 1.82) is 10.5 Å². The number of hydrogen-bond acceptors (Lipinski definition) is 10. The summed E-state index contributed by atoms with van der Waals surface area (Å²) in [6.45, 7) is 3.61. The van der Waals surface area contributed by atoms with E-state index in [4.69, 9.17) is 29.4 Å². The van der Waals surface area contributed by atoms with Gasteiger partial charge < -0.3 is 24.6 Å². The molecule has 2 N–H and O–H groups in total. The number of nitriles is 2. The van der Waals surface area contributed by atoms with Crippen molar-refractivity contribution in [3.8, 4) is 35.3 Å². The lowest BCUT2D eigenvalue weighted by Gasteiger charge is -2.18. The Balaban J connectivity index is 1.70. The quantitative estimate of drug-likeness (QED) is 0.201. The number of rotatable bonds is 13. The summed E-state index contributed by atoms with van der Waals surface area (Å²) >= 11 is 0. The van der Waals surface area contributed by atoms with Crippen molar-refractivity contribution >= 4 is 23.2 Å². The number of methoxy groups -OCH3 is 2. The molecule has 4 aromatic rings. The van der Waals surface area contributed by atoms with Gasteiger partial charge in [0.2, 0.25) is 5.95 Å². The Morgan fingerprint density at radius 2 is 1.84 bits per heavy atom. The Bertz CT molecular complexity index is 1880. The first kappa shape index (κ1) is 31.1. The van der Waals surface area contributed by atoms with Gasteiger partial charge in [-0.25, -0.2) is 4.79 Å². The first-order valence-corrected chi connectivity index (χ1v) is 14.6. The maximum atomic E-state index is 14.0. The van der Waals surface area contributed by atoms with Crippen molar-refractivity contribution in [2.45, 2.75) is 58.2 Å². The molecule has 0 bridgehead atoms. The second-order valence-corrected chi connectivity index (χ2v) is 11.1. The Morgan fingerprint density at radius 3 is 2.47 bits per heavy atom. The number of imidazole rings is 1. The molecule has 5 rings (SSSR count). The summed E-state index contributed by atoms with van der Waals surface area (Å²) in [5.41, 5.74) is 3.13. The number of allylic oxidation sites excluding steroid dienone is 1. The summed E-state index contributed by atoms with van der Waals surface area (Å²) in [7, 11) is 3.12. The van der Waals surface area contributed by atoms with Crippen LogP contribution >= 0.6 is 0 Å². The van der Waals surface area contributed by atoms with Crippen molar-refractivity contribution < 1.29 is 19.3 Å². The predicted molar refractivity (Wildman–Crippen MR) is 169 cm³/mol. The number of aliphatic hydroxyl groups is 1. The van der Waals surface area contributed by atoms with E-state index in [9.17, 15) is 15.2 Å². The fraction of sp³-hybridized carbons (Fsp3) is 0.364. The van der Waals surface area contributed by atoms with Gasteiger partial charge in [-0.15, -0.1) is 0 Å². The molecule has 0 spiro atoms. The molecule has 12 heteroatoms. The molecular formula is C33H35N7O5. The highest BCUT2D eigenvalue weighted by Gasteiger charge is 2.43.